The molecule has 0 atom stereocenters. The summed E-state index contributed by atoms with van der Waals surface area (Å²) < 4.78 is 16.4. The molecule has 1 heterocycles. The molecule has 5 nitrogen and oxygen atoms in total. The molecule has 0 radical (unpaired) electrons. The van der Waals surface area contributed by atoms with Gasteiger partial charge in [0, 0.05) is 10.9 Å². The lowest BCUT2D eigenvalue weighted by Gasteiger charge is -2.11. The fraction of sp³-hybridized carbons (Fsp3) is 0.167. The predicted octanol–water partition coefficient (Wildman–Crippen LogP) is 3.86. The SMILES string of the molecule is COc1ccc(OCCOc2ccc(-c3cscn3)cc2N)cc1. The molecule has 0 saturated carbocycles. The van der Waals surface area contributed by atoms with Gasteiger partial charge >= 0.3 is 0 Å². The number of nitrogens with zero attached hydrogens (tertiary/aromatic N) is 1. The predicted molar refractivity (Wildman–Crippen MR) is 95.9 cm³/mol. The van der Waals surface area contributed by atoms with E-state index >= 15 is 0 Å². The molecule has 6 heteroatoms. The average molecular weight is 342 g/mol. The van der Waals surface area contributed by atoms with Gasteiger partial charge in [-0.15, -0.1) is 11.3 Å². The van der Waals surface area contributed by atoms with Crippen LogP contribution in [0.2, 0.25) is 0 Å². The lowest BCUT2D eigenvalue weighted by Crippen LogP contribution is -2.10. The van der Waals surface area contributed by atoms with Crippen LogP contribution in [-0.4, -0.2) is 25.3 Å². The van der Waals surface area contributed by atoms with E-state index in [0.717, 1.165) is 22.8 Å². The van der Waals surface area contributed by atoms with Crippen LogP contribution in [0.3, 0.4) is 0 Å². The van der Waals surface area contributed by atoms with Crippen molar-refractivity contribution in [1.29, 1.82) is 0 Å². The summed E-state index contributed by atoms with van der Waals surface area (Å²) in [5.74, 6) is 2.21. The molecule has 0 bridgehead atoms. The Morgan fingerprint density at radius 2 is 1.75 bits per heavy atom. The van der Waals surface area contributed by atoms with Gasteiger partial charge in [0.05, 0.1) is 24.0 Å². The van der Waals surface area contributed by atoms with Crippen molar-refractivity contribution in [2.75, 3.05) is 26.1 Å². The molecular formula is C18H18N2O3S. The number of benzene rings is 2. The normalized spacial score (nSPS) is 10.4. The van der Waals surface area contributed by atoms with Crippen molar-refractivity contribution in [3.63, 3.8) is 0 Å². The van der Waals surface area contributed by atoms with Gasteiger partial charge in [0.25, 0.3) is 0 Å². The Morgan fingerprint density at radius 1 is 1.00 bits per heavy atom. The van der Waals surface area contributed by atoms with Crippen LogP contribution in [0, 0.1) is 0 Å². The zero-order valence-electron chi connectivity index (χ0n) is 13.3. The fourth-order valence-corrected chi connectivity index (χ4v) is 2.74. The number of anilines is 1. The van der Waals surface area contributed by atoms with Crippen LogP contribution >= 0.6 is 11.3 Å². The highest BCUT2D eigenvalue weighted by atomic mass is 32.1. The van der Waals surface area contributed by atoms with E-state index in [4.69, 9.17) is 19.9 Å². The van der Waals surface area contributed by atoms with E-state index in [1.807, 2.05) is 47.8 Å². The highest BCUT2D eigenvalue weighted by Crippen LogP contribution is 2.28. The second-order valence-electron chi connectivity index (χ2n) is 5.00. The highest BCUT2D eigenvalue weighted by molar-refractivity contribution is 7.07. The summed E-state index contributed by atoms with van der Waals surface area (Å²) >= 11 is 1.55. The van der Waals surface area contributed by atoms with Crippen LogP contribution in [0.4, 0.5) is 5.69 Å². The van der Waals surface area contributed by atoms with Crippen molar-refractivity contribution >= 4 is 17.0 Å². The number of nitrogen functional groups attached to an aromatic ring is 1. The molecule has 0 aliphatic rings. The van der Waals surface area contributed by atoms with Crippen molar-refractivity contribution in [1.82, 2.24) is 4.98 Å². The maximum absolute atomic E-state index is 6.05. The van der Waals surface area contributed by atoms with Crippen LogP contribution in [0.15, 0.2) is 53.4 Å². The van der Waals surface area contributed by atoms with Crippen molar-refractivity contribution in [3.8, 4) is 28.5 Å². The molecule has 0 aliphatic heterocycles. The molecule has 1 aromatic heterocycles. The van der Waals surface area contributed by atoms with Crippen LogP contribution in [-0.2, 0) is 0 Å². The first-order chi connectivity index (χ1) is 11.8. The summed E-state index contributed by atoms with van der Waals surface area (Å²) in [4.78, 5) is 4.27. The molecule has 2 N–H and O–H groups in total. The molecule has 2 aromatic carbocycles. The Morgan fingerprint density at radius 3 is 2.42 bits per heavy atom. The molecule has 0 spiro atoms. The zero-order chi connectivity index (χ0) is 16.8. The van der Waals surface area contributed by atoms with E-state index in [1.54, 1.807) is 24.0 Å². The van der Waals surface area contributed by atoms with Gasteiger partial charge in [0.1, 0.15) is 30.5 Å². The molecule has 0 fully saturated rings. The van der Waals surface area contributed by atoms with Gasteiger partial charge in [-0.3, -0.25) is 0 Å². The highest BCUT2D eigenvalue weighted by Gasteiger charge is 2.05. The van der Waals surface area contributed by atoms with Crippen LogP contribution in [0.25, 0.3) is 11.3 Å². The van der Waals surface area contributed by atoms with Crippen molar-refractivity contribution < 1.29 is 14.2 Å². The Labute approximate surface area is 144 Å². The summed E-state index contributed by atoms with van der Waals surface area (Å²) in [5, 5.41) is 1.98. The van der Waals surface area contributed by atoms with Crippen LogP contribution in [0.5, 0.6) is 17.2 Å². The number of ether oxygens (including phenoxy) is 3. The molecule has 3 rings (SSSR count). The van der Waals surface area contributed by atoms with E-state index in [-0.39, 0.29) is 0 Å². The monoisotopic (exact) mass is 342 g/mol. The van der Waals surface area contributed by atoms with Gasteiger partial charge < -0.3 is 19.9 Å². The third kappa shape index (κ3) is 3.97. The second kappa shape index (κ2) is 7.70. The molecule has 24 heavy (non-hydrogen) atoms. The van der Waals surface area contributed by atoms with E-state index in [9.17, 15) is 0 Å². The molecule has 0 saturated heterocycles. The molecule has 0 aliphatic carbocycles. The number of hydrogen-bond donors (Lipinski definition) is 1. The Bertz CT molecular complexity index is 773. The third-order valence-electron chi connectivity index (χ3n) is 3.41. The quantitative estimate of drug-likeness (QED) is 0.522. The van der Waals surface area contributed by atoms with Gasteiger partial charge in [-0.1, -0.05) is 0 Å². The van der Waals surface area contributed by atoms with E-state index in [2.05, 4.69) is 4.98 Å². The van der Waals surface area contributed by atoms with E-state index in [0.29, 0.717) is 24.7 Å². The maximum Gasteiger partial charge on any atom is 0.142 e. The van der Waals surface area contributed by atoms with Crippen molar-refractivity contribution in [2.24, 2.45) is 0 Å². The summed E-state index contributed by atoms with van der Waals surface area (Å²) in [6.07, 6.45) is 0. The number of aromatic nitrogens is 1. The Kier molecular flexibility index (Phi) is 5.18. The van der Waals surface area contributed by atoms with Gasteiger partial charge in [0.2, 0.25) is 0 Å². The van der Waals surface area contributed by atoms with Gasteiger partial charge in [-0.2, -0.15) is 0 Å². The van der Waals surface area contributed by atoms with Crippen molar-refractivity contribution in [2.45, 2.75) is 0 Å². The number of thiazole rings is 1. The zero-order valence-corrected chi connectivity index (χ0v) is 14.1. The fourth-order valence-electron chi connectivity index (χ4n) is 2.18. The van der Waals surface area contributed by atoms with Crippen LogP contribution < -0.4 is 19.9 Å². The first kappa shape index (κ1) is 16.1. The minimum Gasteiger partial charge on any atom is -0.497 e. The molecule has 0 amide bonds. The summed E-state index contributed by atoms with van der Waals surface area (Å²) in [5.41, 5.74) is 10.3. The molecule has 3 aromatic rings. The first-order valence-corrected chi connectivity index (χ1v) is 8.38. The summed E-state index contributed by atoms with van der Waals surface area (Å²) in [7, 11) is 1.63. The summed E-state index contributed by atoms with van der Waals surface area (Å²) in [6.45, 7) is 0.839. The smallest absolute Gasteiger partial charge is 0.142 e. The minimum atomic E-state index is 0.409. The largest absolute Gasteiger partial charge is 0.497 e. The van der Waals surface area contributed by atoms with Crippen molar-refractivity contribution in [3.05, 3.63) is 53.4 Å². The molecular weight excluding hydrogens is 324 g/mol. The first-order valence-electron chi connectivity index (χ1n) is 7.44. The maximum atomic E-state index is 6.05. The second-order valence-corrected chi connectivity index (χ2v) is 5.72. The number of hydrogen-bond acceptors (Lipinski definition) is 6. The van der Waals surface area contributed by atoms with Gasteiger partial charge in [-0.25, -0.2) is 4.98 Å². The minimum absolute atomic E-state index is 0.409. The molecule has 0 unspecified atom stereocenters. The summed E-state index contributed by atoms with van der Waals surface area (Å²) in [6, 6.07) is 13.1. The Balaban J connectivity index is 1.51. The lowest BCUT2D eigenvalue weighted by molar-refractivity contribution is 0.218. The third-order valence-corrected chi connectivity index (χ3v) is 3.99. The van der Waals surface area contributed by atoms with Gasteiger partial charge in [0.15, 0.2) is 0 Å². The lowest BCUT2D eigenvalue weighted by atomic mass is 10.1. The number of nitrogens with two attached hydrogens (primary N) is 1. The van der Waals surface area contributed by atoms with Gasteiger partial charge in [-0.05, 0) is 42.5 Å². The Hall–Kier alpha value is -2.73. The number of rotatable bonds is 7. The number of methoxy groups -OCH3 is 1. The topological polar surface area (TPSA) is 66.6 Å². The standard InChI is InChI=1S/C18H18N2O3S/c1-21-14-3-5-15(6-4-14)22-8-9-23-18-7-2-13(10-16(18)19)17-11-24-12-20-17/h2-7,10-12H,8-9,19H2,1H3. The van der Waals surface area contributed by atoms with E-state index < -0.39 is 0 Å². The average Bonchev–Trinajstić information content (AvgIpc) is 3.15. The van der Waals surface area contributed by atoms with E-state index in [1.165, 1.54) is 0 Å². The molecule has 124 valence electrons. The van der Waals surface area contributed by atoms with Crippen LogP contribution in [0.1, 0.15) is 0 Å².